The predicted octanol–water partition coefficient (Wildman–Crippen LogP) is 2.91. The summed E-state index contributed by atoms with van der Waals surface area (Å²) in [5, 5.41) is 4.21. The van der Waals surface area contributed by atoms with Crippen LogP contribution in [0.15, 0.2) is 0 Å². The molecule has 0 bridgehead atoms. The van der Waals surface area contributed by atoms with E-state index >= 15 is 0 Å². The first-order valence-electron chi connectivity index (χ1n) is 10.4. The van der Waals surface area contributed by atoms with E-state index in [9.17, 15) is 14.4 Å². The SMILES string of the molecule is CCCCCCCCCN(CC(=O)N[C@H]1CCOC1=O)NC(=O)OC(C)(C)C. The second-order valence-electron chi connectivity index (χ2n) is 8.23. The number of rotatable bonds is 12. The van der Waals surface area contributed by atoms with E-state index in [1.165, 1.54) is 25.7 Å². The number of hydrogen-bond donors (Lipinski definition) is 2. The number of amides is 2. The third-order valence-corrected chi connectivity index (χ3v) is 4.28. The number of nitrogens with zero attached hydrogens (tertiary/aromatic N) is 1. The summed E-state index contributed by atoms with van der Waals surface area (Å²) in [6.07, 6.45) is 7.85. The van der Waals surface area contributed by atoms with Gasteiger partial charge in [-0.15, -0.1) is 0 Å². The highest BCUT2D eigenvalue weighted by molar-refractivity contribution is 5.86. The molecule has 0 radical (unpaired) electrons. The van der Waals surface area contributed by atoms with Crippen molar-refractivity contribution in [1.29, 1.82) is 0 Å². The van der Waals surface area contributed by atoms with Gasteiger partial charge in [0.05, 0.1) is 13.2 Å². The molecule has 0 aromatic heterocycles. The van der Waals surface area contributed by atoms with E-state index in [0.29, 0.717) is 19.6 Å². The van der Waals surface area contributed by atoms with Crippen molar-refractivity contribution in [2.45, 2.75) is 90.7 Å². The van der Waals surface area contributed by atoms with Crippen LogP contribution in [0.4, 0.5) is 4.79 Å². The van der Waals surface area contributed by atoms with E-state index in [2.05, 4.69) is 17.7 Å². The van der Waals surface area contributed by atoms with Crippen LogP contribution in [0.2, 0.25) is 0 Å². The van der Waals surface area contributed by atoms with Gasteiger partial charge in [0.1, 0.15) is 11.6 Å². The average molecular weight is 400 g/mol. The molecule has 0 spiro atoms. The molecule has 28 heavy (non-hydrogen) atoms. The van der Waals surface area contributed by atoms with Crippen LogP contribution in [-0.2, 0) is 19.1 Å². The molecular weight excluding hydrogens is 362 g/mol. The van der Waals surface area contributed by atoms with Gasteiger partial charge in [-0.3, -0.25) is 10.2 Å². The van der Waals surface area contributed by atoms with Crippen molar-refractivity contribution >= 4 is 18.0 Å². The smallest absolute Gasteiger partial charge is 0.422 e. The monoisotopic (exact) mass is 399 g/mol. The molecule has 162 valence electrons. The maximum atomic E-state index is 12.3. The number of esters is 1. The summed E-state index contributed by atoms with van der Waals surface area (Å²) in [7, 11) is 0. The third-order valence-electron chi connectivity index (χ3n) is 4.28. The van der Waals surface area contributed by atoms with Crippen LogP contribution in [-0.4, -0.2) is 54.3 Å². The summed E-state index contributed by atoms with van der Waals surface area (Å²) in [6.45, 7) is 8.36. The molecule has 0 unspecified atom stereocenters. The van der Waals surface area contributed by atoms with Crippen molar-refractivity contribution in [3.8, 4) is 0 Å². The second kappa shape index (κ2) is 12.6. The molecule has 8 heteroatoms. The maximum Gasteiger partial charge on any atom is 0.422 e. The Morgan fingerprint density at radius 1 is 1.14 bits per heavy atom. The quantitative estimate of drug-likeness (QED) is 0.298. The van der Waals surface area contributed by atoms with Crippen LogP contribution >= 0.6 is 0 Å². The van der Waals surface area contributed by atoms with Crippen molar-refractivity contribution < 1.29 is 23.9 Å². The van der Waals surface area contributed by atoms with E-state index in [-0.39, 0.29) is 12.5 Å². The molecule has 1 fully saturated rings. The highest BCUT2D eigenvalue weighted by atomic mass is 16.6. The van der Waals surface area contributed by atoms with E-state index in [0.717, 1.165) is 19.3 Å². The van der Waals surface area contributed by atoms with Gasteiger partial charge in [0.2, 0.25) is 5.91 Å². The van der Waals surface area contributed by atoms with E-state index in [4.69, 9.17) is 9.47 Å². The first-order valence-corrected chi connectivity index (χ1v) is 10.4. The molecule has 2 N–H and O–H groups in total. The topological polar surface area (TPSA) is 97.0 Å². The van der Waals surface area contributed by atoms with E-state index in [1.54, 1.807) is 25.8 Å². The van der Waals surface area contributed by atoms with Crippen molar-refractivity contribution in [3.63, 3.8) is 0 Å². The fraction of sp³-hybridized carbons (Fsp3) is 0.850. The number of hydrogen-bond acceptors (Lipinski definition) is 6. The number of ether oxygens (including phenoxy) is 2. The summed E-state index contributed by atoms with van der Waals surface area (Å²) in [6, 6.07) is -0.602. The molecule has 8 nitrogen and oxygen atoms in total. The average Bonchev–Trinajstić information content (AvgIpc) is 2.96. The normalized spacial score (nSPS) is 16.8. The van der Waals surface area contributed by atoms with Crippen molar-refractivity contribution in [3.05, 3.63) is 0 Å². The van der Waals surface area contributed by atoms with Crippen molar-refractivity contribution in [2.24, 2.45) is 0 Å². The van der Waals surface area contributed by atoms with Crippen LogP contribution in [0.3, 0.4) is 0 Å². The Hall–Kier alpha value is -1.83. The van der Waals surface area contributed by atoms with Gasteiger partial charge in [-0.05, 0) is 27.2 Å². The molecule has 0 saturated carbocycles. The number of unbranched alkanes of at least 4 members (excludes halogenated alkanes) is 6. The number of hydrazine groups is 1. The van der Waals surface area contributed by atoms with E-state index in [1.807, 2.05) is 0 Å². The van der Waals surface area contributed by atoms with Crippen molar-refractivity contribution in [1.82, 2.24) is 15.8 Å². The van der Waals surface area contributed by atoms with Gasteiger partial charge < -0.3 is 14.8 Å². The fourth-order valence-corrected chi connectivity index (χ4v) is 2.90. The summed E-state index contributed by atoms with van der Waals surface area (Å²) in [5.74, 6) is -0.741. The molecule has 1 heterocycles. The maximum absolute atomic E-state index is 12.3. The van der Waals surface area contributed by atoms with Gasteiger partial charge in [-0.2, -0.15) is 0 Å². The lowest BCUT2D eigenvalue weighted by molar-refractivity contribution is -0.141. The summed E-state index contributed by atoms with van der Waals surface area (Å²) in [5.41, 5.74) is 2.03. The largest absolute Gasteiger partial charge is 0.464 e. The molecule has 1 atom stereocenters. The molecule has 0 aromatic carbocycles. The van der Waals surface area contributed by atoms with Crippen LogP contribution in [0.5, 0.6) is 0 Å². The molecule has 1 saturated heterocycles. The van der Waals surface area contributed by atoms with Crippen molar-refractivity contribution in [2.75, 3.05) is 19.7 Å². The molecule has 0 aliphatic carbocycles. The standard InChI is InChI=1S/C20H37N3O5/c1-5-6-7-8-9-10-11-13-23(22-19(26)28-20(2,3)4)15-17(24)21-16-12-14-27-18(16)25/h16H,5-15H2,1-4H3,(H,21,24)(H,22,26)/t16-/m0/s1. The summed E-state index contributed by atoms with van der Waals surface area (Å²) < 4.78 is 10.1. The van der Waals surface area contributed by atoms with Gasteiger partial charge in [0.15, 0.2) is 0 Å². The fourth-order valence-electron chi connectivity index (χ4n) is 2.90. The first kappa shape index (κ1) is 24.2. The Kier molecular flexibility index (Phi) is 10.9. The van der Waals surface area contributed by atoms with Gasteiger partial charge in [0, 0.05) is 13.0 Å². The van der Waals surface area contributed by atoms with Crippen LogP contribution in [0, 0.1) is 0 Å². The highest BCUT2D eigenvalue weighted by Gasteiger charge is 2.28. The van der Waals surface area contributed by atoms with Gasteiger partial charge in [-0.1, -0.05) is 45.4 Å². The predicted molar refractivity (Wildman–Crippen MR) is 106 cm³/mol. The third kappa shape index (κ3) is 11.1. The Balaban J connectivity index is 2.45. The molecule has 1 rings (SSSR count). The zero-order valence-electron chi connectivity index (χ0n) is 17.8. The zero-order chi connectivity index (χ0) is 21.0. The molecule has 2 amide bonds. The number of carbonyl (C=O) groups is 3. The molecular formula is C20H37N3O5. The zero-order valence-corrected chi connectivity index (χ0v) is 17.8. The minimum absolute atomic E-state index is 0.0428. The molecule has 1 aliphatic heterocycles. The minimum Gasteiger partial charge on any atom is -0.464 e. The lowest BCUT2D eigenvalue weighted by Crippen LogP contribution is -2.51. The highest BCUT2D eigenvalue weighted by Crippen LogP contribution is 2.09. The Morgan fingerprint density at radius 3 is 2.36 bits per heavy atom. The Labute approximate surface area is 168 Å². The van der Waals surface area contributed by atoms with Gasteiger partial charge >= 0.3 is 12.1 Å². The minimum atomic E-state index is -0.620. The molecule has 0 aromatic rings. The van der Waals surface area contributed by atoms with E-state index < -0.39 is 23.7 Å². The van der Waals surface area contributed by atoms with Crippen LogP contribution in [0.1, 0.15) is 79.1 Å². The molecule has 1 aliphatic rings. The Bertz CT molecular complexity index is 505. The number of cyclic esters (lactones) is 1. The lowest BCUT2D eigenvalue weighted by Gasteiger charge is -2.26. The number of nitrogens with one attached hydrogen (secondary N) is 2. The van der Waals surface area contributed by atoms with Gasteiger partial charge in [-0.25, -0.2) is 14.6 Å². The van der Waals surface area contributed by atoms with Crippen LogP contribution < -0.4 is 10.7 Å². The first-order chi connectivity index (χ1) is 13.2. The van der Waals surface area contributed by atoms with Crippen LogP contribution in [0.25, 0.3) is 0 Å². The van der Waals surface area contributed by atoms with Gasteiger partial charge in [0.25, 0.3) is 0 Å². The summed E-state index contributed by atoms with van der Waals surface area (Å²) in [4.78, 5) is 35.9. The second-order valence-corrected chi connectivity index (χ2v) is 8.23. The summed E-state index contributed by atoms with van der Waals surface area (Å²) >= 11 is 0. The Morgan fingerprint density at radius 2 is 1.79 bits per heavy atom. The lowest BCUT2D eigenvalue weighted by atomic mass is 10.1. The number of carbonyl (C=O) groups excluding carboxylic acids is 3.